The van der Waals surface area contributed by atoms with E-state index in [0.29, 0.717) is 24.3 Å². The van der Waals surface area contributed by atoms with Gasteiger partial charge in [-0.15, -0.1) is 0 Å². The number of hydrogen-bond donors (Lipinski definition) is 1. The number of nitrogens with one attached hydrogen (secondary N) is 1. The Kier molecular flexibility index (Phi) is 4.38. The Bertz CT molecular complexity index is 1040. The number of carbonyl (C=O) groups excluding carboxylic acids is 3. The molecule has 3 amide bonds. The van der Waals surface area contributed by atoms with Crippen LogP contribution in [0.15, 0.2) is 48.5 Å². The number of anilines is 2. The van der Waals surface area contributed by atoms with E-state index in [9.17, 15) is 22.8 Å². The van der Waals surface area contributed by atoms with Crippen molar-refractivity contribution in [2.75, 3.05) is 28.5 Å². The number of amides is 3. The van der Waals surface area contributed by atoms with E-state index in [1.807, 2.05) is 0 Å². The van der Waals surface area contributed by atoms with E-state index in [0.717, 1.165) is 4.90 Å². The summed E-state index contributed by atoms with van der Waals surface area (Å²) in [4.78, 5) is 37.8. The van der Waals surface area contributed by atoms with E-state index >= 15 is 0 Å². The van der Waals surface area contributed by atoms with Crippen LogP contribution in [0.4, 0.5) is 11.4 Å². The number of benzene rings is 2. The maximum atomic E-state index is 12.3. The lowest BCUT2D eigenvalue weighted by atomic mass is 10.1. The molecule has 0 spiro atoms. The number of carbonyl (C=O) groups is 3. The first kappa shape index (κ1) is 18.2. The number of nitrogens with zero attached hydrogens (tertiary/aromatic N) is 2. The average molecular weight is 399 g/mol. The molecule has 2 aliphatic heterocycles. The Labute approximate surface area is 161 Å². The average Bonchev–Trinajstić information content (AvgIpc) is 3.15. The number of imide groups is 1. The van der Waals surface area contributed by atoms with Gasteiger partial charge in [0.25, 0.3) is 11.8 Å². The zero-order valence-corrected chi connectivity index (χ0v) is 15.6. The normalized spacial score (nSPS) is 17.7. The van der Waals surface area contributed by atoms with Crippen molar-refractivity contribution in [2.24, 2.45) is 0 Å². The predicted octanol–water partition coefficient (Wildman–Crippen LogP) is 1.46. The van der Waals surface area contributed by atoms with Crippen molar-refractivity contribution in [3.05, 3.63) is 59.7 Å². The molecule has 2 aromatic rings. The molecule has 8 nitrogen and oxygen atoms in total. The van der Waals surface area contributed by atoms with Crippen LogP contribution in [0.1, 0.15) is 27.1 Å². The molecule has 9 heteroatoms. The van der Waals surface area contributed by atoms with Gasteiger partial charge in [-0.1, -0.05) is 12.1 Å². The standard InChI is InChI=1S/C19H17N3O5S/c23-17(12-21-18(24)15-4-1-2-5-16(15)19(21)25)20-13-6-8-14(9-7-13)22-10-3-11-28(22,26)27/h1-2,4-9H,3,10-12H2,(H,20,23). The third-order valence-electron chi connectivity index (χ3n) is 4.72. The van der Waals surface area contributed by atoms with E-state index in [1.54, 1.807) is 48.5 Å². The minimum Gasteiger partial charge on any atom is -0.325 e. The second-order valence-electron chi connectivity index (χ2n) is 6.58. The van der Waals surface area contributed by atoms with Crippen LogP contribution < -0.4 is 9.62 Å². The molecular formula is C19H17N3O5S. The Morgan fingerprint density at radius 3 is 2.11 bits per heavy atom. The highest BCUT2D eigenvalue weighted by Crippen LogP contribution is 2.26. The molecular weight excluding hydrogens is 382 g/mol. The summed E-state index contributed by atoms with van der Waals surface area (Å²) in [5, 5.41) is 2.62. The lowest BCUT2D eigenvalue weighted by molar-refractivity contribution is -0.116. The van der Waals surface area contributed by atoms with Crippen molar-refractivity contribution in [3.8, 4) is 0 Å². The van der Waals surface area contributed by atoms with Gasteiger partial charge in [-0.3, -0.25) is 23.6 Å². The molecule has 2 aromatic carbocycles. The zero-order chi connectivity index (χ0) is 19.9. The van der Waals surface area contributed by atoms with Gasteiger partial charge in [-0.2, -0.15) is 0 Å². The van der Waals surface area contributed by atoms with Gasteiger partial charge in [0.15, 0.2) is 0 Å². The first-order valence-corrected chi connectivity index (χ1v) is 10.3. The lowest BCUT2D eigenvalue weighted by Crippen LogP contribution is -2.37. The molecule has 0 radical (unpaired) electrons. The van der Waals surface area contributed by atoms with Gasteiger partial charge in [0.1, 0.15) is 6.54 Å². The van der Waals surface area contributed by atoms with Crippen LogP contribution in [0, 0.1) is 0 Å². The van der Waals surface area contributed by atoms with Crippen molar-refractivity contribution >= 4 is 39.1 Å². The molecule has 2 aliphatic rings. The second-order valence-corrected chi connectivity index (χ2v) is 8.59. The fourth-order valence-electron chi connectivity index (χ4n) is 3.37. The highest BCUT2D eigenvalue weighted by atomic mass is 32.2. The number of rotatable bonds is 4. The minimum atomic E-state index is -3.27. The maximum Gasteiger partial charge on any atom is 0.262 e. The zero-order valence-electron chi connectivity index (χ0n) is 14.8. The Morgan fingerprint density at radius 1 is 0.964 bits per heavy atom. The summed E-state index contributed by atoms with van der Waals surface area (Å²) in [6.07, 6.45) is 0.584. The molecule has 0 bridgehead atoms. The van der Waals surface area contributed by atoms with Gasteiger partial charge < -0.3 is 5.32 Å². The Balaban J connectivity index is 1.42. The molecule has 0 atom stereocenters. The molecule has 0 aliphatic carbocycles. The van der Waals surface area contributed by atoms with Crippen LogP contribution >= 0.6 is 0 Å². The van der Waals surface area contributed by atoms with E-state index in [-0.39, 0.29) is 16.9 Å². The first-order chi connectivity index (χ1) is 13.4. The molecule has 0 saturated carbocycles. The van der Waals surface area contributed by atoms with Crippen molar-refractivity contribution in [3.63, 3.8) is 0 Å². The second kappa shape index (κ2) is 6.75. The Hall–Kier alpha value is -3.20. The summed E-state index contributed by atoms with van der Waals surface area (Å²) in [6.45, 7) is 0.0440. The SMILES string of the molecule is O=C(CN1C(=O)c2ccccc2C1=O)Nc1ccc(N2CCCS2(=O)=O)cc1. The van der Waals surface area contributed by atoms with Gasteiger partial charge in [0.2, 0.25) is 15.9 Å². The van der Waals surface area contributed by atoms with Gasteiger partial charge in [0.05, 0.1) is 22.6 Å². The fraction of sp³-hybridized carbons (Fsp3) is 0.211. The van der Waals surface area contributed by atoms with Crippen molar-refractivity contribution in [1.29, 1.82) is 0 Å². The molecule has 0 unspecified atom stereocenters. The van der Waals surface area contributed by atoms with Gasteiger partial charge >= 0.3 is 0 Å². The molecule has 1 saturated heterocycles. The summed E-state index contributed by atoms with van der Waals surface area (Å²) >= 11 is 0. The minimum absolute atomic E-state index is 0.131. The first-order valence-electron chi connectivity index (χ1n) is 8.72. The largest absolute Gasteiger partial charge is 0.325 e. The summed E-state index contributed by atoms with van der Waals surface area (Å²) in [5.74, 6) is -1.38. The topological polar surface area (TPSA) is 104 Å². The summed E-state index contributed by atoms with van der Waals surface area (Å²) in [5.41, 5.74) is 1.56. The maximum absolute atomic E-state index is 12.3. The van der Waals surface area contributed by atoms with Gasteiger partial charge in [0, 0.05) is 12.2 Å². The van der Waals surface area contributed by atoms with Crippen LogP contribution in [0.5, 0.6) is 0 Å². The van der Waals surface area contributed by atoms with E-state index in [4.69, 9.17) is 0 Å². The molecule has 2 heterocycles. The lowest BCUT2D eigenvalue weighted by Gasteiger charge is -2.17. The summed E-state index contributed by atoms with van der Waals surface area (Å²) < 4.78 is 25.3. The number of sulfonamides is 1. The fourth-order valence-corrected chi connectivity index (χ4v) is 4.93. The summed E-state index contributed by atoms with van der Waals surface area (Å²) in [6, 6.07) is 12.8. The van der Waals surface area contributed by atoms with Crippen LogP contribution in [0.2, 0.25) is 0 Å². The quantitative estimate of drug-likeness (QED) is 0.784. The van der Waals surface area contributed by atoms with E-state index < -0.39 is 34.3 Å². The summed E-state index contributed by atoms with van der Waals surface area (Å²) in [7, 11) is -3.27. The van der Waals surface area contributed by atoms with Gasteiger partial charge in [-0.05, 0) is 42.8 Å². The Morgan fingerprint density at radius 2 is 1.57 bits per heavy atom. The van der Waals surface area contributed by atoms with Crippen molar-refractivity contribution in [2.45, 2.75) is 6.42 Å². The van der Waals surface area contributed by atoms with E-state index in [1.165, 1.54) is 4.31 Å². The number of fused-ring (bicyclic) bond motifs is 1. The molecule has 4 rings (SSSR count). The van der Waals surface area contributed by atoms with Crippen LogP contribution in [-0.2, 0) is 14.8 Å². The molecule has 0 aromatic heterocycles. The van der Waals surface area contributed by atoms with Crippen LogP contribution in [0.3, 0.4) is 0 Å². The van der Waals surface area contributed by atoms with Crippen molar-refractivity contribution < 1.29 is 22.8 Å². The van der Waals surface area contributed by atoms with Crippen LogP contribution in [-0.4, -0.2) is 49.9 Å². The third kappa shape index (κ3) is 3.13. The van der Waals surface area contributed by atoms with Crippen molar-refractivity contribution in [1.82, 2.24) is 4.90 Å². The molecule has 1 fully saturated rings. The molecule has 1 N–H and O–H groups in total. The van der Waals surface area contributed by atoms with E-state index in [2.05, 4.69) is 5.32 Å². The smallest absolute Gasteiger partial charge is 0.262 e. The number of hydrogen-bond acceptors (Lipinski definition) is 5. The molecule has 28 heavy (non-hydrogen) atoms. The highest BCUT2D eigenvalue weighted by molar-refractivity contribution is 7.93. The molecule has 144 valence electrons. The predicted molar refractivity (Wildman–Crippen MR) is 103 cm³/mol. The van der Waals surface area contributed by atoms with Gasteiger partial charge in [-0.25, -0.2) is 8.42 Å². The monoisotopic (exact) mass is 399 g/mol. The van der Waals surface area contributed by atoms with Crippen LogP contribution in [0.25, 0.3) is 0 Å². The highest BCUT2D eigenvalue weighted by Gasteiger charge is 2.36. The third-order valence-corrected chi connectivity index (χ3v) is 6.59.